The SMILES string of the molecule is O=C(CN=C1C=CC2NN(CC(O)(Cn3cncn3)c3ccc(F)cc3F)C=C2C1)N1CCN(c2ccccc2)CC1. The van der Waals surface area contributed by atoms with Crippen LogP contribution < -0.4 is 10.3 Å². The third-order valence-electron chi connectivity index (χ3n) is 7.82. The lowest BCUT2D eigenvalue weighted by atomic mass is 9.92. The van der Waals surface area contributed by atoms with Gasteiger partial charge in [0.05, 0.1) is 19.1 Å². The number of anilines is 1. The number of hydrazine groups is 1. The van der Waals surface area contributed by atoms with Crippen molar-refractivity contribution >= 4 is 17.3 Å². The molecule has 2 N–H and O–H groups in total. The molecule has 2 atom stereocenters. The van der Waals surface area contributed by atoms with Gasteiger partial charge in [-0.2, -0.15) is 5.10 Å². The van der Waals surface area contributed by atoms with E-state index in [1.807, 2.05) is 41.5 Å². The largest absolute Gasteiger partial charge is 0.381 e. The number of rotatable bonds is 8. The molecular formula is C30H32F2N8O2. The van der Waals surface area contributed by atoms with E-state index >= 15 is 0 Å². The molecule has 1 amide bonds. The molecule has 6 rings (SSSR count). The first kappa shape index (κ1) is 27.7. The fourth-order valence-corrected chi connectivity index (χ4v) is 5.65. The Morgan fingerprint density at radius 3 is 2.64 bits per heavy atom. The van der Waals surface area contributed by atoms with Crippen LogP contribution in [-0.4, -0.2) is 86.7 Å². The lowest BCUT2D eigenvalue weighted by Gasteiger charge is -2.36. The molecule has 1 aliphatic carbocycles. The van der Waals surface area contributed by atoms with E-state index in [4.69, 9.17) is 0 Å². The maximum absolute atomic E-state index is 14.8. The van der Waals surface area contributed by atoms with Gasteiger partial charge in [-0.05, 0) is 29.8 Å². The van der Waals surface area contributed by atoms with Gasteiger partial charge in [0.25, 0.3) is 0 Å². The molecular weight excluding hydrogens is 542 g/mol. The van der Waals surface area contributed by atoms with Crippen LogP contribution in [0.4, 0.5) is 14.5 Å². The van der Waals surface area contributed by atoms with E-state index < -0.39 is 17.2 Å². The number of nitrogens with zero attached hydrogens (tertiary/aromatic N) is 7. The Hall–Kier alpha value is -4.42. The van der Waals surface area contributed by atoms with Crippen molar-refractivity contribution in [3.05, 3.63) is 102 Å². The summed E-state index contributed by atoms with van der Waals surface area (Å²) in [5.74, 6) is -1.57. The second-order valence-electron chi connectivity index (χ2n) is 10.7. The summed E-state index contributed by atoms with van der Waals surface area (Å²) in [4.78, 5) is 25.5. The molecule has 1 aromatic heterocycles. The molecule has 3 aliphatic rings. The fraction of sp³-hybridized carbons (Fsp3) is 0.333. The molecule has 0 radical (unpaired) electrons. The Kier molecular flexibility index (Phi) is 7.81. The lowest BCUT2D eigenvalue weighted by molar-refractivity contribution is -0.129. The van der Waals surface area contributed by atoms with Crippen LogP contribution in [0.1, 0.15) is 12.0 Å². The van der Waals surface area contributed by atoms with Gasteiger partial charge in [0, 0.05) is 61.8 Å². The van der Waals surface area contributed by atoms with Gasteiger partial charge < -0.3 is 19.9 Å². The summed E-state index contributed by atoms with van der Waals surface area (Å²) in [6, 6.07) is 13.2. The number of hydrogen-bond donors (Lipinski definition) is 2. The van der Waals surface area contributed by atoms with E-state index in [9.17, 15) is 18.7 Å². The van der Waals surface area contributed by atoms with Crippen molar-refractivity contribution in [2.75, 3.05) is 44.2 Å². The highest BCUT2D eigenvalue weighted by molar-refractivity contribution is 5.99. The van der Waals surface area contributed by atoms with Crippen molar-refractivity contribution in [1.29, 1.82) is 0 Å². The Morgan fingerprint density at radius 1 is 1.10 bits per heavy atom. The average molecular weight is 575 g/mol. The van der Waals surface area contributed by atoms with E-state index in [1.54, 1.807) is 5.01 Å². The van der Waals surface area contributed by atoms with Gasteiger partial charge in [0.15, 0.2) is 0 Å². The highest BCUT2D eigenvalue weighted by Gasteiger charge is 2.38. The number of aromatic nitrogens is 3. The molecule has 42 heavy (non-hydrogen) atoms. The molecule has 0 spiro atoms. The summed E-state index contributed by atoms with van der Waals surface area (Å²) in [5.41, 5.74) is 4.47. The van der Waals surface area contributed by atoms with Gasteiger partial charge in [0.1, 0.15) is 36.4 Å². The van der Waals surface area contributed by atoms with Gasteiger partial charge in [0.2, 0.25) is 5.91 Å². The molecule has 2 aromatic carbocycles. The average Bonchev–Trinajstić information content (AvgIpc) is 3.65. The third kappa shape index (κ3) is 6.09. The topological polar surface area (TPSA) is 102 Å². The summed E-state index contributed by atoms with van der Waals surface area (Å²) in [7, 11) is 0. The summed E-state index contributed by atoms with van der Waals surface area (Å²) in [5, 5.41) is 17.4. The van der Waals surface area contributed by atoms with Crippen LogP contribution >= 0.6 is 0 Å². The van der Waals surface area contributed by atoms with E-state index in [-0.39, 0.29) is 37.1 Å². The van der Waals surface area contributed by atoms with Crippen molar-refractivity contribution in [2.45, 2.75) is 24.6 Å². The molecule has 0 bridgehead atoms. The molecule has 1 saturated heterocycles. The van der Waals surface area contributed by atoms with Gasteiger partial charge in [-0.15, -0.1) is 0 Å². The number of hydrogen-bond acceptors (Lipinski definition) is 8. The summed E-state index contributed by atoms with van der Waals surface area (Å²) < 4.78 is 29.8. The smallest absolute Gasteiger partial charge is 0.244 e. The van der Waals surface area contributed by atoms with Gasteiger partial charge in [-0.3, -0.25) is 9.79 Å². The van der Waals surface area contributed by atoms with Crippen molar-refractivity contribution < 1.29 is 18.7 Å². The van der Waals surface area contributed by atoms with Gasteiger partial charge in [-0.25, -0.2) is 23.9 Å². The van der Waals surface area contributed by atoms with E-state index in [0.29, 0.717) is 19.5 Å². The number of carbonyl (C=O) groups excluding carboxylic acids is 1. The van der Waals surface area contributed by atoms with E-state index in [0.717, 1.165) is 36.5 Å². The maximum Gasteiger partial charge on any atom is 0.244 e. The predicted molar refractivity (Wildman–Crippen MR) is 153 cm³/mol. The number of fused-ring (bicyclic) bond motifs is 1. The summed E-state index contributed by atoms with van der Waals surface area (Å²) in [6.45, 7) is 2.84. The normalized spacial score (nSPS) is 20.9. The number of amides is 1. The number of benzene rings is 2. The van der Waals surface area contributed by atoms with Gasteiger partial charge in [-0.1, -0.05) is 30.3 Å². The Bertz CT molecular complexity index is 1500. The number of aliphatic hydroxyl groups is 1. The second-order valence-corrected chi connectivity index (χ2v) is 10.7. The third-order valence-corrected chi connectivity index (χ3v) is 7.82. The molecule has 0 saturated carbocycles. The first-order valence-electron chi connectivity index (χ1n) is 13.9. The number of piperazine rings is 1. The quantitative estimate of drug-likeness (QED) is 0.426. The monoisotopic (exact) mass is 574 g/mol. The van der Waals surface area contributed by atoms with Crippen LogP contribution in [-0.2, 0) is 16.9 Å². The zero-order chi connectivity index (χ0) is 29.1. The first-order valence-corrected chi connectivity index (χ1v) is 13.9. The Balaban J connectivity index is 1.08. The van der Waals surface area contributed by atoms with Crippen LogP contribution in [0.25, 0.3) is 0 Å². The van der Waals surface area contributed by atoms with Crippen molar-refractivity contribution in [2.24, 2.45) is 4.99 Å². The number of nitrogens with one attached hydrogen (secondary N) is 1. The van der Waals surface area contributed by atoms with Crippen LogP contribution in [0, 0.1) is 11.6 Å². The fourth-order valence-electron chi connectivity index (χ4n) is 5.65. The summed E-state index contributed by atoms with van der Waals surface area (Å²) >= 11 is 0. The highest BCUT2D eigenvalue weighted by Crippen LogP contribution is 2.30. The molecule has 218 valence electrons. The van der Waals surface area contributed by atoms with Crippen molar-refractivity contribution in [1.82, 2.24) is 30.1 Å². The Morgan fingerprint density at radius 2 is 1.90 bits per heavy atom. The standard InChI is InChI=1S/C30H32F2N8O2/c31-23-6-8-26(27(32)15-23)30(42,19-40-21-33-20-35-40)18-39-17-22-14-24(7-9-28(22)36-39)34-16-29(41)38-12-10-37(11-13-38)25-4-2-1-3-5-25/h1-9,15,17,20-21,28,36,42H,10-14,16,18-19H2. The minimum Gasteiger partial charge on any atom is -0.381 e. The maximum atomic E-state index is 14.8. The molecule has 1 fully saturated rings. The number of para-hydroxylation sites is 1. The number of allylic oxidation sites excluding steroid dienone is 1. The molecule has 3 heterocycles. The molecule has 3 aromatic rings. The minimum absolute atomic E-state index is 0.00499. The van der Waals surface area contributed by atoms with Crippen LogP contribution in [0.2, 0.25) is 0 Å². The van der Waals surface area contributed by atoms with Crippen molar-refractivity contribution in [3.63, 3.8) is 0 Å². The zero-order valence-electron chi connectivity index (χ0n) is 23.0. The predicted octanol–water partition coefficient (Wildman–Crippen LogP) is 2.27. The van der Waals surface area contributed by atoms with Crippen LogP contribution in [0.15, 0.2) is 90.1 Å². The van der Waals surface area contributed by atoms with E-state index in [1.165, 1.54) is 29.1 Å². The lowest BCUT2D eigenvalue weighted by Crippen LogP contribution is -2.49. The van der Waals surface area contributed by atoms with E-state index in [2.05, 4.69) is 37.5 Å². The number of carbonyl (C=O) groups is 1. The Labute approximate surface area is 242 Å². The minimum atomic E-state index is -1.75. The number of halogens is 2. The second kappa shape index (κ2) is 11.8. The molecule has 12 heteroatoms. The molecule has 2 aliphatic heterocycles. The zero-order valence-corrected chi connectivity index (χ0v) is 23.0. The van der Waals surface area contributed by atoms with Crippen LogP contribution in [0.5, 0.6) is 0 Å². The van der Waals surface area contributed by atoms with Crippen LogP contribution in [0.3, 0.4) is 0 Å². The van der Waals surface area contributed by atoms with Gasteiger partial charge >= 0.3 is 0 Å². The molecule has 2 unspecified atom stereocenters. The first-order chi connectivity index (χ1) is 20.4. The number of β-amino-alcohol motifs (C(OH)–C–C–N with tert-alkyl or cyclic N) is 1. The molecule has 10 nitrogen and oxygen atoms in total. The highest BCUT2D eigenvalue weighted by atomic mass is 19.1. The van der Waals surface area contributed by atoms with Crippen molar-refractivity contribution in [3.8, 4) is 0 Å². The summed E-state index contributed by atoms with van der Waals surface area (Å²) in [6.07, 6.45) is 9.01. The number of aliphatic imine (C=N–C) groups is 1.